The van der Waals surface area contributed by atoms with Crippen LogP contribution in [0.25, 0.3) is 43.7 Å². The smallest absolute Gasteiger partial charge is 0.210 e. The lowest BCUT2D eigenvalue weighted by Gasteiger charge is -2.27. The van der Waals surface area contributed by atoms with Gasteiger partial charge in [-0.1, -0.05) is 125 Å². The van der Waals surface area contributed by atoms with E-state index in [-0.39, 0.29) is 10.8 Å². The fourth-order valence-electron chi connectivity index (χ4n) is 9.95. The third kappa shape index (κ3) is 6.23. The minimum atomic E-state index is -0.222. The van der Waals surface area contributed by atoms with Crippen molar-refractivity contribution in [2.45, 2.75) is 90.9 Å². The summed E-state index contributed by atoms with van der Waals surface area (Å²) in [5.41, 5.74) is 12.7. The van der Waals surface area contributed by atoms with Crippen LogP contribution in [0.1, 0.15) is 103 Å². The number of unbranched alkanes of at least 4 members (excludes halogenated alkanes) is 4. The lowest BCUT2D eigenvalue weighted by atomic mass is 9.79. The number of nitrogens with zero attached hydrogens (tertiary/aromatic N) is 4. The van der Waals surface area contributed by atoms with E-state index < -0.39 is 0 Å². The van der Waals surface area contributed by atoms with Crippen molar-refractivity contribution in [3.8, 4) is 0 Å². The average molecular weight is 782 g/mol. The van der Waals surface area contributed by atoms with E-state index in [1.165, 1.54) is 81.1 Å². The van der Waals surface area contributed by atoms with Crippen LogP contribution in [0, 0.1) is 0 Å². The SMILES string of the molecule is CCCCCN1/C(=C/C=C2C(Cl)=C(/C=C/C3=[N+](CCCCC)c4ccc5ccccc5c4C3(C)C)c3nc4ccccc4nc3/2)C(C)(C)c2c1ccc1ccccc21. The number of halogens is 1. The molecule has 5 aromatic carbocycles. The van der Waals surface area contributed by atoms with Crippen molar-refractivity contribution < 1.29 is 4.58 Å². The van der Waals surface area contributed by atoms with Gasteiger partial charge in [-0.15, -0.1) is 0 Å². The van der Waals surface area contributed by atoms with Crippen molar-refractivity contribution in [1.29, 1.82) is 0 Å². The van der Waals surface area contributed by atoms with Gasteiger partial charge in [-0.25, -0.2) is 9.97 Å². The van der Waals surface area contributed by atoms with Gasteiger partial charge in [0.1, 0.15) is 6.54 Å². The molecule has 0 N–H and O–H groups in total. The highest BCUT2D eigenvalue weighted by molar-refractivity contribution is 6.42. The minimum absolute atomic E-state index is 0.222. The minimum Gasteiger partial charge on any atom is -0.344 e. The van der Waals surface area contributed by atoms with E-state index in [9.17, 15) is 0 Å². The van der Waals surface area contributed by atoms with Crippen molar-refractivity contribution >= 4 is 72.4 Å². The molecular weight excluding hydrogens is 728 g/mol. The number of allylic oxidation sites excluding steroid dienone is 8. The normalized spacial score (nSPS) is 18.2. The highest BCUT2D eigenvalue weighted by atomic mass is 35.5. The first-order chi connectivity index (χ1) is 28.1. The van der Waals surface area contributed by atoms with Crippen LogP contribution in [0.2, 0.25) is 0 Å². The Hall–Kier alpha value is -5.32. The number of aromatic nitrogens is 2. The van der Waals surface area contributed by atoms with Gasteiger partial charge >= 0.3 is 0 Å². The lowest BCUT2D eigenvalue weighted by molar-refractivity contribution is -0.438. The molecule has 0 bridgehead atoms. The molecule has 0 atom stereocenters. The van der Waals surface area contributed by atoms with Gasteiger partial charge in [0, 0.05) is 58.6 Å². The molecular formula is C53H54ClN4+. The molecule has 0 spiro atoms. The third-order valence-corrected chi connectivity index (χ3v) is 13.3. The van der Waals surface area contributed by atoms with Gasteiger partial charge in [0.2, 0.25) is 5.69 Å². The maximum Gasteiger partial charge on any atom is 0.210 e. The summed E-state index contributed by atoms with van der Waals surface area (Å²) in [6, 6.07) is 35.0. The van der Waals surface area contributed by atoms with Crippen molar-refractivity contribution in [3.05, 3.63) is 155 Å². The number of hydrogen-bond acceptors (Lipinski definition) is 3. The number of para-hydroxylation sites is 2. The lowest BCUT2D eigenvalue weighted by Crippen LogP contribution is -2.28. The number of hydrogen-bond donors (Lipinski definition) is 0. The molecule has 0 unspecified atom stereocenters. The monoisotopic (exact) mass is 781 g/mol. The zero-order valence-corrected chi connectivity index (χ0v) is 35.6. The molecule has 3 aliphatic rings. The van der Waals surface area contributed by atoms with Crippen LogP contribution in [0.5, 0.6) is 0 Å². The predicted molar refractivity (Wildman–Crippen MR) is 248 cm³/mol. The third-order valence-electron chi connectivity index (χ3n) is 12.8. The van der Waals surface area contributed by atoms with Crippen LogP contribution < -0.4 is 4.90 Å². The highest BCUT2D eigenvalue weighted by Gasteiger charge is 2.46. The summed E-state index contributed by atoms with van der Waals surface area (Å²) in [5, 5.41) is 5.88. The summed E-state index contributed by atoms with van der Waals surface area (Å²) in [4.78, 5) is 13.1. The zero-order valence-electron chi connectivity index (χ0n) is 34.9. The second-order valence-electron chi connectivity index (χ2n) is 17.3. The van der Waals surface area contributed by atoms with E-state index in [4.69, 9.17) is 21.6 Å². The first kappa shape index (κ1) is 38.2. The summed E-state index contributed by atoms with van der Waals surface area (Å²) in [7, 11) is 0. The van der Waals surface area contributed by atoms with E-state index in [1.807, 2.05) is 24.3 Å². The van der Waals surface area contributed by atoms with Crippen LogP contribution in [-0.4, -0.2) is 33.3 Å². The maximum absolute atomic E-state index is 7.62. The Morgan fingerprint density at radius 1 is 0.638 bits per heavy atom. The summed E-state index contributed by atoms with van der Waals surface area (Å²) in [5.74, 6) is 0. The molecule has 0 radical (unpaired) electrons. The average Bonchev–Trinajstić information content (AvgIpc) is 3.71. The Morgan fingerprint density at radius 2 is 1.26 bits per heavy atom. The second kappa shape index (κ2) is 15.1. The van der Waals surface area contributed by atoms with Gasteiger partial charge in [-0.2, -0.15) is 4.58 Å². The first-order valence-electron chi connectivity index (χ1n) is 21.4. The Labute approximate surface area is 349 Å². The van der Waals surface area contributed by atoms with Gasteiger partial charge in [0.15, 0.2) is 5.71 Å². The van der Waals surface area contributed by atoms with Gasteiger partial charge in [-0.3, -0.25) is 0 Å². The van der Waals surface area contributed by atoms with Crippen molar-refractivity contribution in [3.63, 3.8) is 0 Å². The molecule has 4 nitrogen and oxygen atoms in total. The summed E-state index contributed by atoms with van der Waals surface area (Å²) >= 11 is 7.62. The molecule has 2 aliphatic heterocycles. The summed E-state index contributed by atoms with van der Waals surface area (Å²) in [6.45, 7) is 16.0. The Bertz CT molecular complexity index is 2780. The molecule has 0 saturated carbocycles. The van der Waals surface area contributed by atoms with Crippen molar-refractivity contribution in [2.75, 3.05) is 18.0 Å². The quantitative estimate of drug-likeness (QED) is 0.0969. The van der Waals surface area contributed by atoms with E-state index >= 15 is 0 Å². The molecule has 0 fully saturated rings. The molecule has 1 aliphatic carbocycles. The van der Waals surface area contributed by atoms with E-state index in [2.05, 4.69) is 148 Å². The predicted octanol–water partition coefficient (Wildman–Crippen LogP) is 14.0. The maximum atomic E-state index is 7.62. The molecule has 0 amide bonds. The fraction of sp³-hybridized carbons (Fsp3) is 0.302. The molecule has 292 valence electrons. The zero-order chi connectivity index (χ0) is 40.2. The Morgan fingerprint density at radius 3 is 1.97 bits per heavy atom. The molecule has 9 rings (SSSR count). The van der Waals surface area contributed by atoms with Gasteiger partial charge in [-0.05, 0) is 96.3 Å². The Balaban J connectivity index is 1.19. The molecule has 1 aromatic heterocycles. The van der Waals surface area contributed by atoms with E-state index in [0.717, 1.165) is 59.5 Å². The topological polar surface area (TPSA) is 32.0 Å². The van der Waals surface area contributed by atoms with Crippen molar-refractivity contribution in [1.82, 2.24) is 9.97 Å². The van der Waals surface area contributed by atoms with Crippen LogP contribution in [0.3, 0.4) is 0 Å². The molecule has 5 heteroatoms. The van der Waals surface area contributed by atoms with E-state index in [0.29, 0.717) is 5.03 Å². The first-order valence-corrected chi connectivity index (χ1v) is 21.8. The number of fused-ring (bicyclic) bond motifs is 8. The standard InChI is InChI=1S/C53H54ClN4/c1-7-9-17-33-57-43-29-25-35-19-11-13-21-37(35)47(43)52(3,4)45(57)31-27-39-49(54)40(51-50(39)55-41-23-15-16-24-42(41)56-51)28-32-46-53(5,6)48-38-22-14-12-20-36(38)26-30-44(48)58(46)34-18-10-8-2/h11-16,19-32H,7-10,17-18,33-34H2,1-6H3/q+1. The van der Waals surface area contributed by atoms with Crippen LogP contribution in [0.15, 0.2) is 132 Å². The second-order valence-corrected chi connectivity index (χ2v) is 17.7. The number of benzene rings is 5. The largest absolute Gasteiger partial charge is 0.344 e. The van der Waals surface area contributed by atoms with Gasteiger partial charge in [0.25, 0.3) is 0 Å². The molecule has 0 saturated heterocycles. The van der Waals surface area contributed by atoms with Crippen molar-refractivity contribution in [2.24, 2.45) is 0 Å². The van der Waals surface area contributed by atoms with E-state index in [1.54, 1.807) is 0 Å². The molecule has 58 heavy (non-hydrogen) atoms. The van der Waals surface area contributed by atoms with Gasteiger partial charge in [0.05, 0.1) is 32.9 Å². The molecule has 3 heterocycles. The number of rotatable bonds is 11. The fourth-order valence-corrected chi connectivity index (χ4v) is 10.3. The Kier molecular flexibility index (Phi) is 9.96. The highest BCUT2D eigenvalue weighted by Crippen LogP contribution is 2.52. The van der Waals surface area contributed by atoms with Crippen LogP contribution in [-0.2, 0) is 10.8 Å². The number of anilines is 1. The van der Waals surface area contributed by atoms with Crippen LogP contribution >= 0.6 is 11.6 Å². The summed E-state index contributed by atoms with van der Waals surface area (Å²) < 4.78 is 2.56. The van der Waals surface area contributed by atoms with Crippen LogP contribution in [0.4, 0.5) is 11.4 Å². The van der Waals surface area contributed by atoms with Gasteiger partial charge < -0.3 is 4.90 Å². The summed E-state index contributed by atoms with van der Waals surface area (Å²) in [6.07, 6.45) is 16.1. The molecule has 6 aromatic rings.